The molecular weight excluding hydrogens is 498 g/mol. The van der Waals surface area contributed by atoms with E-state index < -0.39 is 29.2 Å². The number of benzene rings is 2. The third-order valence-electron chi connectivity index (χ3n) is 6.22. The molecule has 1 amide bonds. The molecule has 2 aliphatic heterocycles. The van der Waals surface area contributed by atoms with Crippen molar-refractivity contribution >= 4 is 17.7 Å². The van der Waals surface area contributed by atoms with Gasteiger partial charge in [0.25, 0.3) is 0 Å². The molecule has 0 spiro atoms. The van der Waals surface area contributed by atoms with Crippen LogP contribution in [0.3, 0.4) is 0 Å². The van der Waals surface area contributed by atoms with Gasteiger partial charge in [-0.05, 0) is 64.4 Å². The van der Waals surface area contributed by atoms with Crippen LogP contribution in [0.1, 0.15) is 49.2 Å². The topological polar surface area (TPSA) is 96.0 Å². The van der Waals surface area contributed by atoms with Crippen molar-refractivity contribution in [2.45, 2.75) is 51.9 Å². The number of amides is 1. The number of aryl methyl sites for hydroxylation is 1. The summed E-state index contributed by atoms with van der Waals surface area (Å²) in [5.41, 5.74) is 1.03. The summed E-state index contributed by atoms with van der Waals surface area (Å²) in [6.45, 7) is 8.89. The Hall–Kier alpha value is -4.21. The second-order valence-electron chi connectivity index (χ2n) is 10.5. The number of ether oxygens (including phenoxy) is 4. The SMILES string of the molecule is Cc1ccc(NC(=O)C2(C)COc3cc4c(cc32)OC(F)(F)O4)nc1-c1cccc(C(=O)OC(C)(C)C)c1. The lowest BCUT2D eigenvalue weighted by molar-refractivity contribution is -0.286. The molecule has 0 bridgehead atoms. The Morgan fingerprint density at radius 1 is 1.03 bits per heavy atom. The van der Waals surface area contributed by atoms with Crippen molar-refractivity contribution in [1.29, 1.82) is 0 Å². The second kappa shape index (κ2) is 8.68. The van der Waals surface area contributed by atoms with E-state index in [4.69, 9.17) is 9.47 Å². The van der Waals surface area contributed by atoms with Gasteiger partial charge in [-0.3, -0.25) is 4.79 Å². The van der Waals surface area contributed by atoms with Gasteiger partial charge in [-0.1, -0.05) is 18.2 Å². The van der Waals surface area contributed by atoms with E-state index in [1.54, 1.807) is 58.0 Å². The van der Waals surface area contributed by atoms with Gasteiger partial charge in [0.2, 0.25) is 5.91 Å². The molecule has 3 heterocycles. The molecule has 0 saturated carbocycles. The van der Waals surface area contributed by atoms with Crippen molar-refractivity contribution in [3.8, 4) is 28.5 Å². The maximum atomic E-state index is 13.5. The number of hydrogen-bond acceptors (Lipinski definition) is 7. The number of halogens is 2. The van der Waals surface area contributed by atoms with E-state index in [0.717, 1.165) is 5.56 Å². The van der Waals surface area contributed by atoms with Crippen molar-refractivity contribution < 1.29 is 37.3 Å². The standard InChI is InChI=1S/C28H26F2N2O6/c1-15-9-10-22(31-23(15)16-7-6-8-17(11-16)24(33)38-26(2,3)4)32-25(34)27(5)14-35-19-13-21-20(12-18(19)27)36-28(29,30)37-21/h6-13H,14H2,1-5H3,(H,31,32,34). The average molecular weight is 525 g/mol. The fourth-order valence-corrected chi connectivity index (χ4v) is 4.29. The molecule has 0 fully saturated rings. The van der Waals surface area contributed by atoms with E-state index in [0.29, 0.717) is 22.4 Å². The minimum Gasteiger partial charge on any atom is -0.492 e. The van der Waals surface area contributed by atoms with Gasteiger partial charge in [-0.2, -0.15) is 0 Å². The summed E-state index contributed by atoms with van der Waals surface area (Å²) in [7, 11) is 0. The van der Waals surface area contributed by atoms with Gasteiger partial charge < -0.3 is 24.3 Å². The normalized spacial score (nSPS) is 18.9. The molecule has 1 atom stereocenters. The Labute approximate surface area is 217 Å². The molecule has 2 aromatic carbocycles. The molecule has 8 nitrogen and oxygen atoms in total. The number of nitrogens with one attached hydrogen (secondary N) is 1. The highest BCUT2D eigenvalue weighted by molar-refractivity contribution is 6.00. The number of alkyl halides is 2. The van der Waals surface area contributed by atoms with Crippen LogP contribution < -0.4 is 19.5 Å². The van der Waals surface area contributed by atoms with Gasteiger partial charge in [0, 0.05) is 17.2 Å². The van der Waals surface area contributed by atoms with Gasteiger partial charge in [0.15, 0.2) is 11.5 Å². The number of pyridine rings is 1. The summed E-state index contributed by atoms with van der Waals surface area (Å²) in [6, 6.07) is 13.0. The molecule has 0 aliphatic carbocycles. The minimum atomic E-state index is -3.78. The Morgan fingerprint density at radius 2 is 1.74 bits per heavy atom. The number of carbonyl (C=O) groups excluding carboxylic acids is 2. The summed E-state index contributed by atoms with van der Waals surface area (Å²) < 4.78 is 47.2. The number of hydrogen-bond donors (Lipinski definition) is 1. The van der Waals surface area contributed by atoms with Crippen LogP contribution in [0, 0.1) is 6.92 Å². The number of fused-ring (bicyclic) bond motifs is 2. The maximum Gasteiger partial charge on any atom is 0.586 e. The molecule has 1 unspecified atom stereocenters. The Morgan fingerprint density at radius 3 is 2.45 bits per heavy atom. The highest BCUT2D eigenvalue weighted by Crippen LogP contribution is 2.50. The van der Waals surface area contributed by atoms with Gasteiger partial charge >= 0.3 is 12.3 Å². The van der Waals surface area contributed by atoms with Crippen LogP contribution in [0.4, 0.5) is 14.6 Å². The number of anilines is 1. The first-order valence-corrected chi connectivity index (χ1v) is 11.9. The molecule has 10 heteroatoms. The van der Waals surface area contributed by atoms with Crippen molar-refractivity contribution in [3.63, 3.8) is 0 Å². The molecule has 1 aromatic heterocycles. The minimum absolute atomic E-state index is 0.00982. The smallest absolute Gasteiger partial charge is 0.492 e. The quantitative estimate of drug-likeness (QED) is 0.443. The van der Waals surface area contributed by atoms with Crippen molar-refractivity contribution in [3.05, 3.63) is 65.2 Å². The lowest BCUT2D eigenvalue weighted by atomic mass is 9.83. The van der Waals surface area contributed by atoms with Crippen molar-refractivity contribution in [2.24, 2.45) is 0 Å². The zero-order chi connectivity index (χ0) is 27.5. The number of carbonyl (C=O) groups is 2. The van der Waals surface area contributed by atoms with E-state index in [-0.39, 0.29) is 29.7 Å². The predicted molar refractivity (Wildman–Crippen MR) is 134 cm³/mol. The molecule has 2 aliphatic rings. The van der Waals surface area contributed by atoms with Crippen LogP contribution >= 0.6 is 0 Å². The molecule has 0 saturated heterocycles. The molecule has 198 valence electrons. The third kappa shape index (κ3) is 4.73. The van der Waals surface area contributed by atoms with E-state index >= 15 is 0 Å². The average Bonchev–Trinajstić information content (AvgIpc) is 3.32. The third-order valence-corrected chi connectivity index (χ3v) is 6.22. The number of esters is 1. The molecule has 3 aromatic rings. The Balaban J connectivity index is 1.40. The van der Waals surface area contributed by atoms with Crippen LogP contribution in [0.15, 0.2) is 48.5 Å². The summed E-state index contributed by atoms with van der Waals surface area (Å²) >= 11 is 0. The van der Waals surface area contributed by atoms with Gasteiger partial charge in [0.05, 0.1) is 11.3 Å². The van der Waals surface area contributed by atoms with Crippen LogP contribution in [0.5, 0.6) is 17.2 Å². The van der Waals surface area contributed by atoms with Crippen LogP contribution in [-0.2, 0) is 14.9 Å². The van der Waals surface area contributed by atoms with Crippen LogP contribution in [0.2, 0.25) is 0 Å². The molecule has 5 rings (SSSR count). The zero-order valence-electron chi connectivity index (χ0n) is 21.5. The van der Waals surface area contributed by atoms with Crippen LogP contribution in [0.25, 0.3) is 11.3 Å². The second-order valence-corrected chi connectivity index (χ2v) is 10.5. The Kier molecular flexibility index (Phi) is 5.81. The number of rotatable bonds is 4. The fraction of sp³-hybridized carbons (Fsp3) is 0.321. The van der Waals surface area contributed by atoms with E-state index in [1.807, 2.05) is 13.0 Å². The van der Waals surface area contributed by atoms with Gasteiger partial charge in [0.1, 0.15) is 29.2 Å². The van der Waals surface area contributed by atoms with Crippen molar-refractivity contribution in [1.82, 2.24) is 4.98 Å². The first-order chi connectivity index (χ1) is 17.7. The molecule has 38 heavy (non-hydrogen) atoms. The largest absolute Gasteiger partial charge is 0.586 e. The molecular formula is C28H26F2N2O6. The van der Waals surface area contributed by atoms with Crippen LogP contribution in [-0.4, -0.2) is 35.4 Å². The first-order valence-electron chi connectivity index (χ1n) is 11.9. The molecule has 0 radical (unpaired) electrons. The van der Waals surface area contributed by atoms with E-state index in [2.05, 4.69) is 19.8 Å². The first kappa shape index (κ1) is 25.4. The fourth-order valence-electron chi connectivity index (χ4n) is 4.29. The van der Waals surface area contributed by atoms with Crippen molar-refractivity contribution in [2.75, 3.05) is 11.9 Å². The highest BCUT2D eigenvalue weighted by atomic mass is 19.3. The summed E-state index contributed by atoms with van der Waals surface area (Å²) in [4.78, 5) is 30.6. The van der Waals surface area contributed by atoms with E-state index in [9.17, 15) is 18.4 Å². The monoisotopic (exact) mass is 524 g/mol. The Bertz CT molecular complexity index is 1470. The predicted octanol–water partition coefficient (Wildman–Crippen LogP) is 5.62. The zero-order valence-corrected chi connectivity index (χ0v) is 21.5. The van der Waals surface area contributed by atoms with Gasteiger partial charge in [-0.15, -0.1) is 8.78 Å². The van der Waals surface area contributed by atoms with Gasteiger partial charge in [-0.25, -0.2) is 9.78 Å². The lowest BCUT2D eigenvalue weighted by Gasteiger charge is -2.22. The lowest BCUT2D eigenvalue weighted by Crippen LogP contribution is -2.39. The summed E-state index contributed by atoms with van der Waals surface area (Å²) in [6.07, 6.45) is -3.78. The van der Waals surface area contributed by atoms with E-state index in [1.165, 1.54) is 12.1 Å². The summed E-state index contributed by atoms with van der Waals surface area (Å²) in [5, 5.41) is 2.81. The molecule has 1 N–H and O–H groups in total. The number of nitrogens with zero attached hydrogens (tertiary/aromatic N) is 1. The maximum absolute atomic E-state index is 13.5. The highest BCUT2D eigenvalue weighted by Gasteiger charge is 2.49. The summed E-state index contributed by atoms with van der Waals surface area (Å²) in [5.74, 6) is -0.671. The number of aromatic nitrogens is 1.